The summed E-state index contributed by atoms with van der Waals surface area (Å²) in [5.41, 5.74) is 1.12. The number of aromatic nitrogens is 2. The van der Waals surface area contributed by atoms with E-state index in [-0.39, 0.29) is 11.5 Å². The molecule has 2 heterocycles. The average molecular weight is 360 g/mol. The van der Waals surface area contributed by atoms with E-state index in [2.05, 4.69) is 9.97 Å². The second-order valence-electron chi connectivity index (χ2n) is 5.23. The van der Waals surface area contributed by atoms with Crippen LogP contribution in [0.1, 0.15) is 5.76 Å². The summed E-state index contributed by atoms with van der Waals surface area (Å²) < 4.78 is 39.2. The van der Waals surface area contributed by atoms with Gasteiger partial charge in [0.05, 0.1) is 24.5 Å². The molecule has 0 aliphatic rings. The Morgan fingerprint density at radius 3 is 2.52 bits per heavy atom. The highest BCUT2D eigenvalue weighted by Crippen LogP contribution is 2.28. The average Bonchev–Trinajstić information content (AvgIpc) is 3.12. The van der Waals surface area contributed by atoms with Crippen LogP contribution in [0.4, 0.5) is 0 Å². The Hall–Kier alpha value is -2.87. The van der Waals surface area contributed by atoms with E-state index in [4.69, 9.17) is 13.9 Å². The number of rotatable bonds is 6. The third kappa shape index (κ3) is 3.97. The zero-order valence-electron chi connectivity index (χ0n) is 13.7. The van der Waals surface area contributed by atoms with Gasteiger partial charge in [-0.1, -0.05) is 12.1 Å². The lowest BCUT2D eigenvalue weighted by Gasteiger charge is -2.10. The molecular formula is C17H16N2O5S. The molecule has 7 nitrogen and oxygen atoms in total. The molecule has 0 unspecified atom stereocenters. The van der Waals surface area contributed by atoms with E-state index in [9.17, 15) is 8.42 Å². The fourth-order valence-electron chi connectivity index (χ4n) is 2.17. The Balaban J connectivity index is 1.89. The summed E-state index contributed by atoms with van der Waals surface area (Å²) in [6.45, 7) is 0.223. The van der Waals surface area contributed by atoms with Crippen molar-refractivity contribution in [3.8, 4) is 23.0 Å². The van der Waals surface area contributed by atoms with Crippen LogP contribution >= 0.6 is 0 Å². The van der Waals surface area contributed by atoms with E-state index in [0.717, 1.165) is 6.26 Å². The minimum atomic E-state index is -3.26. The normalized spacial score (nSPS) is 11.3. The van der Waals surface area contributed by atoms with E-state index >= 15 is 0 Å². The monoisotopic (exact) mass is 360 g/mol. The van der Waals surface area contributed by atoms with Crippen LogP contribution in [0.25, 0.3) is 11.3 Å². The second-order valence-corrected chi connectivity index (χ2v) is 7.25. The highest BCUT2D eigenvalue weighted by Gasteiger charge is 2.14. The lowest BCUT2D eigenvalue weighted by molar-refractivity contribution is 0.258. The van der Waals surface area contributed by atoms with Crippen LogP contribution in [0.15, 0.2) is 58.2 Å². The first-order valence-electron chi connectivity index (χ1n) is 7.34. The van der Waals surface area contributed by atoms with E-state index in [1.54, 1.807) is 30.5 Å². The first-order chi connectivity index (χ1) is 12.0. The van der Waals surface area contributed by atoms with E-state index in [1.807, 2.05) is 0 Å². The van der Waals surface area contributed by atoms with Gasteiger partial charge in [0.1, 0.15) is 18.1 Å². The van der Waals surface area contributed by atoms with E-state index < -0.39 is 9.84 Å². The molecule has 0 atom stereocenters. The van der Waals surface area contributed by atoms with Crippen molar-refractivity contribution in [2.45, 2.75) is 11.5 Å². The van der Waals surface area contributed by atoms with Gasteiger partial charge in [-0.05, 0) is 24.3 Å². The Bertz CT molecular complexity index is 951. The first kappa shape index (κ1) is 17.0. The minimum Gasteiger partial charge on any atom is -0.479 e. The van der Waals surface area contributed by atoms with Crippen molar-refractivity contribution in [2.24, 2.45) is 0 Å². The van der Waals surface area contributed by atoms with Crippen molar-refractivity contribution in [2.75, 3.05) is 13.4 Å². The van der Waals surface area contributed by atoms with Gasteiger partial charge in [0, 0.05) is 11.8 Å². The zero-order valence-corrected chi connectivity index (χ0v) is 14.5. The van der Waals surface area contributed by atoms with Crippen molar-refractivity contribution in [3.05, 3.63) is 54.6 Å². The summed E-state index contributed by atoms with van der Waals surface area (Å²) in [5.74, 6) is 1.29. The molecule has 8 heteroatoms. The van der Waals surface area contributed by atoms with Crippen LogP contribution in [-0.2, 0) is 16.4 Å². The van der Waals surface area contributed by atoms with Gasteiger partial charge in [-0.2, -0.15) is 0 Å². The summed E-state index contributed by atoms with van der Waals surface area (Å²) in [6, 6.07) is 9.90. The van der Waals surface area contributed by atoms with Gasteiger partial charge < -0.3 is 13.9 Å². The Morgan fingerprint density at radius 2 is 1.92 bits per heavy atom. The van der Waals surface area contributed by atoms with Crippen LogP contribution < -0.4 is 9.47 Å². The molecule has 0 spiro atoms. The van der Waals surface area contributed by atoms with Gasteiger partial charge in [-0.3, -0.25) is 0 Å². The summed E-state index contributed by atoms with van der Waals surface area (Å²) in [7, 11) is -1.77. The molecule has 0 saturated carbocycles. The number of ether oxygens (including phenoxy) is 2. The van der Waals surface area contributed by atoms with Gasteiger partial charge >= 0.3 is 0 Å². The predicted molar refractivity (Wildman–Crippen MR) is 90.2 cm³/mol. The molecule has 2 aromatic heterocycles. The number of sulfone groups is 1. The highest BCUT2D eigenvalue weighted by molar-refractivity contribution is 7.90. The quantitative estimate of drug-likeness (QED) is 0.667. The molecule has 3 aromatic rings. The van der Waals surface area contributed by atoms with Crippen LogP contribution in [0.3, 0.4) is 0 Å². The number of methoxy groups -OCH3 is 1. The molecule has 0 radical (unpaired) electrons. The highest BCUT2D eigenvalue weighted by atomic mass is 32.2. The SMILES string of the molecule is COc1ncc(OCc2ccco2)nc1-c1ccc(S(C)(=O)=O)cc1. The lowest BCUT2D eigenvalue weighted by Crippen LogP contribution is -2.01. The molecule has 0 aliphatic carbocycles. The molecule has 0 bridgehead atoms. The topological polar surface area (TPSA) is 91.5 Å². The van der Waals surface area contributed by atoms with Crippen molar-refractivity contribution < 1.29 is 22.3 Å². The second kappa shape index (κ2) is 6.94. The number of furan rings is 1. The third-order valence-electron chi connectivity index (χ3n) is 3.41. The zero-order chi connectivity index (χ0) is 17.9. The maximum absolute atomic E-state index is 11.6. The van der Waals surface area contributed by atoms with Gasteiger partial charge in [-0.15, -0.1) is 0 Å². The number of benzene rings is 1. The van der Waals surface area contributed by atoms with Crippen molar-refractivity contribution in [3.63, 3.8) is 0 Å². The Labute approximate surface area is 145 Å². The van der Waals surface area contributed by atoms with Crippen LogP contribution in [-0.4, -0.2) is 31.8 Å². The van der Waals surface area contributed by atoms with E-state index in [0.29, 0.717) is 28.8 Å². The molecule has 25 heavy (non-hydrogen) atoms. The largest absolute Gasteiger partial charge is 0.479 e. The van der Waals surface area contributed by atoms with Gasteiger partial charge in [0.15, 0.2) is 9.84 Å². The standard InChI is InChI=1S/C17H16N2O5S/c1-22-17-16(12-5-7-14(8-6-12)25(2,20)21)19-15(10-18-17)24-11-13-4-3-9-23-13/h3-10H,11H2,1-2H3. The molecule has 130 valence electrons. The lowest BCUT2D eigenvalue weighted by atomic mass is 10.1. The number of nitrogens with zero attached hydrogens (tertiary/aromatic N) is 2. The number of hydrogen-bond acceptors (Lipinski definition) is 7. The summed E-state index contributed by atoms with van der Waals surface area (Å²) in [4.78, 5) is 8.82. The molecule has 0 N–H and O–H groups in total. The van der Waals surface area contributed by atoms with Crippen molar-refractivity contribution in [1.29, 1.82) is 0 Å². The van der Waals surface area contributed by atoms with Gasteiger partial charge in [-0.25, -0.2) is 18.4 Å². The Morgan fingerprint density at radius 1 is 1.16 bits per heavy atom. The summed E-state index contributed by atoms with van der Waals surface area (Å²) in [6.07, 6.45) is 4.18. The fourth-order valence-corrected chi connectivity index (χ4v) is 2.80. The number of hydrogen-bond donors (Lipinski definition) is 0. The van der Waals surface area contributed by atoms with Crippen molar-refractivity contribution in [1.82, 2.24) is 9.97 Å². The smallest absolute Gasteiger partial charge is 0.240 e. The molecule has 0 aliphatic heterocycles. The van der Waals surface area contributed by atoms with Gasteiger partial charge in [0.2, 0.25) is 11.8 Å². The molecule has 0 amide bonds. The molecule has 0 saturated heterocycles. The third-order valence-corrected chi connectivity index (χ3v) is 4.54. The maximum atomic E-state index is 11.6. The molecular weight excluding hydrogens is 344 g/mol. The van der Waals surface area contributed by atoms with E-state index in [1.165, 1.54) is 25.4 Å². The maximum Gasteiger partial charge on any atom is 0.240 e. The Kier molecular flexibility index (Phi) is 4.71. The minimum absolute atomic E-state index is 0.223. The van der Waals surface area contributed by atoms with Gasteiger partial charge in [0.25, 0.3) is 0 Å². The van der Waals surface area contributed by atoms with Crippen LogP contribution in [0.2, 0.25) is 0 Å². The van der Waals surface area contributed by atoms with Crippen LogP contribution in [0.5, 0.6) is 11.8 Å². The van der Waals surface area contributed by atoms with Crippen molar-refractivity contribution >= 4 is 9.84 Å². The molecule has 3 rings (SSSR count). The predicted octanol–water partition coefficient (Wildman–Crippen LogP) is 2.73. The molecule has 0 fully saturated rings. The summed E-state index contributed by atoms with van der Waals surface area (Å²) in [5, 5.41) is 0. The summed E-state index contributed by atoms with van der Waals surface area (Å²) >= 11 is 0. The molecule has 1 aromatic carbocycles. The van der Waals surface area contributed by atoms with Crippen LogP contribution in [0, 0.1) is 0 Å². The fraction of sp³-hybridized carbons (Fsp3) is 0.176. The first-order valence-corrected chi connectivity index (χ1v) is 9.23.